The molecule has 8 heteroatoms. The van der Waals surface area contributed by atoms with Crippen LogP contribution in [0.3, 0.4) is 0 Å². The summed E-state index contributed by atoms with van der Waals surface area (Å²) in [5, 5.41) is 2.70. The molecule has 0 heterocycles. The number of hydrogen-bond donors (Lipinski definition) is 1. The van der Waals surface area contributed by atoms with Gasteiger partial charge in [-0.3, -0.25) is 9.10 Å². The van der Waals surface area contributed by atoms with Crippen LogP contribution in [-0.2, 0) is 19.6 Å². The van der Waals surface area contributed by atoms with Gasteiger partial charge in [-0.05, 0) is 25.5 Å². The van der Waals surface area contributed by atoms with Gasteiger partial charge in [-0.15, -0.1) is 0 Å². The monoisotopic (exact) mass is 356 g/mol. The van der Waals surface area contributed by atoms with Crippen molar-refractivity contribution in [3.05, 3.63) is 29.8 Å². The summed E-state index contributed by atoms with van der Waals surface area (Å²) in [4.78, 5) is 23.8. The average molecular weight is 356 g/mol. The minimum atomic E-state index is -3.66. The molecule has 0 aliphatic heterocycles. The summed E-state index contributed by atoms with van der Waals surface area (Å²) in [6, 6.07) is 6.29. The van der Waals surface area contributed by atoms with Gasteiger partial charge in [0, 0.05) is 19.5 Å². The van der Waals surface area contributed by atoms with Gasteiger partial charge >= 0.3 is 5.97 Å². The van der Waals surface area contributed by atoms with Gasteiger partial charge in [-0.25, -0.2) is 13.2 Å². The first-order valence-corrected chi connectivity index (χ1v) is 9.66. The van der Waals surface area contributed by atoms with Crippen LogP contribution in [0.2, 0.25) is 0 Å². The van der Waals surface area contributed by atoms with Crippen molar-refractivity contribution >= 4 is 27.6 Å². The maximum Gasteiger partial charge on any atom is 0.340 e. The van der Waals surface area contributed by atoms with E-state index in [0.29, 0.717) is 6.54 Å². The predicted octanol–water partition coefficient (Wildman–Crippen LogP) is 1.55. The number of anilines is 1. The van der Waals surface area contributed by atoms with Gasteiger partial charge in [0.15, 0.2) is 0 Å². The van der Waals surface area contributed by atoms with Crippen molar-refractivity contribution in [2.75, 3.05) is 30.3 Å². The van der Waals surface area contributed by atoms with E-state index < -0.39 is 16.0 Å². The summed E-state index contributed by atoms with van der Waals surface area (Å²) in [7, 11) is -3.66. The molecule has 0 atom stereocenters. The lowest BCUT2D eigenvalue weighted by Crippen LogP contribution is -2.35. The highest BCUT2D eigenvalue weighted by molar-refractivity contribution is 7.92. The molecule has 0 bridgehead atoms. The molecule has 0 fully saturated rings. The third-order valence-corrected chi connectivity index (χ3v) is 4.36. The molecular formula is C16H24N2O5S. The molecule has 1 aromatic rings. The normalized spacial score (nSPS) is 11.0. The van der Waals surface area contributed by atoms with Crippen LogP contribution in [0.5, 0.6) is 0 Å². The molecule has 134 valence electrons. The molecular weight excluding hydrogens is 332 g/mol. The Balaban J connectivity index is 3.06. The van der Waals surface area contributed by atoms with Crippen LogP contribution >= 0.6 is 0 Å². The summed E-state index contributed by atoms with van der Waals surface area (Å²) in [6.45, 7) is 4.28. The van der Waals surface area contributed by atoms with Crippen molar-refractivity contribution in [1.29, 1.82) is 0 Å². The maximum atomic E-state index is 12.1. The number of nitrogens with one attached hydrogen (secondary N) is 1. The average Bonchev–Trinajstić information content (AvgIpc) is 2.52. The summed E-state index contributed by atoms with van der Waals surface area (Å²) in [5.74, 6) is -0.837. The first-order chi connectivity index (χ1) is 11.3. The van der Waals surface area contributed by atoms with Crippen LogP contribution in [0.15, 0.2) is 24.3 Å². The molecule has 1 amide bonds. The van der Waals surface area contributed by atoms with E-state index in [1.165, 1.54) is 12.1 Å². The fourth-order valence-corrected chi connectivity index (χ4v) is 3.03. The zero-order valence-corrected chi connectivity index (χ0v) is 15.1. The second kappa shape index (κ2) is 9.27. The quantitative estimate of drug-likeness (QED) is 0.678. The molecule has 0 unspecified atom stereocenters. The molecule has 7 nitrogen and oxygen atoms in total. The van der Waals surface area contributed by atoms with E-state index in [-0.39, 0.29) is 36.7 Å². The lowest BCUT2D eigenvalue weighted by molar-refractivity contribution is -0.120. The van der Waals surface area contributed by atoms with Gasteiger partial charge in [0.05, 0.1) is 24.1 Å². The summed E-state index contributed by atoms with van der Waals surface area (Å²) in [6.07, 6.45) is 1.84. The zero-order chi connectivity index (χ0) is 18.2. The molecule has 0 aromatic heterocycles. The Morgan fingerprint density at radius 1 is 1.21 bits per heavy atom. The molecule has 24 heavy (non-hydrogen) atoms. The number of rotatable bonds is 9. The zero-order valence-electron chi connectivity index (χ0n) is 14.2. The number of amides is 1. The number of para-hydroxylation sites is 1. The van der Waals surface area contributed by atoms with E-state index >= 15 is 0 Å². The Kier molecular flexibility index (Phi) is 7.70. The Morgan fingerprint density at radius 2 is 1.88 bits per heavy atom. The Labute approximate surface area is 143 Å². The largest absolute Gasteiger partial charge is 0.462 e. The standard InChI is InChI=1S/C16H24N2O5S/c1-4-11-17-15(19)10-12-18(24(3,21)22)14-9-7-6-8-13(14)16(20)23-5-2/h6-9H,4-5,10-12H2,1-3H3,(H,17,19). The van der Waals surface area contributed by atoms with Crippen LogP contribution in [-0.4, -0.2) is 46.2 Å². The second-order valence-corrected chi connectivity index (χ2v) is 7.08. The highest BCUT2D eigenvalue weighted by atomic mass is 32.2. The Bertz CT molecular complexity index is 673. The fraction of sp³-hybridized carbons (Fsp3) is 0.500. The third-order valence-electron chi connectivity index (χ3n) is 3.18. The van der Waals surface area contributed by atoms with Gasteiger partial charge in [0.25, 0.3) is 0 Å². The fourth-order valence-electron chi connectivity index (χ4n) is 2.09. The van der Waals surface area contributed by atoms with Crippen molar-refractivity contribution in [2.45, 2.75) is 26.7 Å². The van der Waals surface area contributed by atoms with Gasteiger partial charge in [-0.2, -0.15) is 0 Å². The lowest BCUT2D eigenvalue weighted by atomic mass is 10.1. The highest BCUT2D eigenvalue weighted by Crippen LogP contribution is 2.24. The SMILES string of the molecule is CCCNC(=O)CCN(c1ccccc1C(=O)OCC)S(C)(=O)=O. The van der Waals surface area contributed by atoms with Crippen molar-refractivity contribution in [3.63, 3.8) is 0 Å². The molecule has 0 saturated heterocycles. The van der Waals surface area contributed by atoms with Gasteiger partial charge in [0.1, 0.15) is 0 Å². The van der Waals surface area contributed by atoms with Crippen LogP contribution in [0.1, 0.15) is 37.0 Å². The predicted molar refractivity (Wildman–Crippen MR) is 92.5 cm³/mol. The molecule has 1 aromatic carbocycles. The van der Waals surface area contributed by atoms with Crippen LogP contribution in [0, 0.1) is 0 Å². The van der Waals surface area contributed by atoms with Crippen LogP contribution in [0.25, 0.3) is 0 Å². The summed E-state index contributed by atoms with van der Waals surface area (Å²) < 4.78 is 30.3. The van der Waals surface area contributed by atoms with Crippen LogP contribution < -0.4 is 9.62 Å². The molecule has 0 radical (unpaired) electrons. The molecule has 0 aliphatic rings. The maximum absolute atomic E-state index is 12.1. The number of ether oxygens (including phenoxy) is 1. The Hall–Kier alpha value is -2.09. The Morgan fingerprint density at radius 3 is 2.46 bits per heavy atom. The number of benzene rings is 1. The van der Waals surface area contributed by atoms with Gasteiger partial charge < -0.3 is 10.1 Å². The number of carbonyl (C=O) groups excluding carboxylic acids is 2. The molecule has 1 rings (SSSR count). The number of hydrogen-bond acceptors (Lipinski definition) is 5. The van der Waals surface area contributed by atoms with Crippen molar-refractivity contribution < 1.29 is 22.7 Å². The van der Waals surface area contributed by atoms with Gasteiger partial charge in [0.2, 0.25) is 15.9 Å². The van der Waals surface area contributed by atoms with Gasteiger partial charge in [-0.1, -0.05) is 19.1 Å². The number of sulfonamides is 1. The minimum absolute atomic E-state index is 0.00420. The third kappa shape index (κ3) is 5.84. The van der Waals surface area contributed by atoms with Crippen molar-refractivity contribution in [2.24, 2.45) is 0 Å². The minimum Gasteiger partial charge on any atom is -0.462 e. The van der Waals surface area contributed by atoms with Crippen LogP contribution in [0.4, 0.5) is 5.69 Å². The first-order valence-electron chi connectivity index (χ1n) is 7.81. The van der Waals surface area contributed by atoms with Crippen molar-refractivity contribution in [1.82, 2.24) is 5.32 Å². The molecule has 0 saturated carbocycles. The van der Waals surface area contributed by atoms with E-state index in [1.54, 1.807) is 19.1 Å². The lowest BCUT2D eigenvalue weighted by Gasteiger charge is -2.24. The summed E-state index contributed by atoms with van der Waals surface area (Å²) in [5.41, 5.74) is 0.362. The number of carbonyl (C=O) groups is 2. The molecule has 1 N–H and O–H groups in total. The highest BCUT2D eigenvalue weighted by Gasteiger charge is 2.24. The van der Waals surface area contributed by atoms with E-state index in [0.717, 1.165) is 17.0 Å². The molecule has 0 spiro atoms. The second-order valence-electron chi connectivity index (χ2n) is 5.17. The van der Waals surface area contributed by atoms with E-state index in [1.807, 2.05) is 6.92 Å². The van der Waals surface area contributed by atoms with E-state index in [4.69, 9.17) is 4.74 Å². The topological polar surface area (TPSA) is 92.8 Å². The first kappa shape index (κ1) is 20.0. The molecule has 0 aliphatic carbocycles. The van der Waals surface area contributed by atoms with E-state index in [2.05, 4.69) is 5.32 Å². The smallest absolute Gasteiger partial charge is 0.340 e. The number of nitrogens with zero attached hydrogens (tertiary/aromatic N) is 1. The van der Waals surface area contributed by atoms with Crippen molar-refractivity contribution in [3.8, 4) is 0 Å². The number of esters is 1. The summed E-state index contributed by atoms with van der Waals surface area (Å²) >= 11 is 0. The van der Waals surface area contributed by atoms with E-state index in [9.17, 15) is 18.0 Å².